The summed E-state index contributed by atoms with van der Waals surface area (Å²) >= 11 is 5.93. The second kappa shape index (κ2) is 7.51. The van der Waals surface area contributed by atoms with Gasteiger partial charge in [0.1, 0.15) is 5.60 Å². The van der Waals surface area contributed by atoms with Crippen LogP contribution in [0.2, 0.25) is 5.02 Å². The van der Waals surface area contributed by atoms with Crippen molar-refractivity contribution in [2.24, 2.45) is 0 Å². The smallest absolute Gasteiger partial charge is 0.410 e. The molecule has 0 aromatic heterocycles. The largest absolute Gasteiger partial charge is 0.444 e. The molecule has 6 nitrogen and oxygen atoms in total. The van der Waals surface area contributed by atoms with E-state index in [-0.39, 0.29) is 18.3 Å². The number of carbonyl (C=O) groups is 1. The Kier molecular flexibility index (Phi) is 6.01. The molecule has 8 heteroatoms. The number of benzene rings is 1. The SMILES string of the molecule is CC1CN(C(=O)OC(C)(C)C)CCN1S(=O)(=O)Cc1cccc(Cl)c1. The van der Waals surface area contributed by atoms with E-state index in [0.29, 0.717) is 23.7 Å². The number of piperazine rings is 1. The van der Waals surface area contributed by atoms with Crippen LogP contribution in [0.25, 0.3) is 0 Å². The van der Waals surface area contributed by atoms with Crippen molar-refractivity contribution in [1.82, 2.24) is 9.21 Å². The quantitative estimate of drug-likeness (QED) is 0.797. The maximum absolute atomic E-state index is 12.7. The molecule has 1 aromatic rings. The average molecular weight is 389 g/mol. The summed E-state index contributed by atoms with van der Waals surface area (Å²) in [5.74, 6) is -0.107. The highest BCUT2D eigenvalue weighted by molar-refractivity contribution is 7.88. The average Bonchev–Trinajstić information content (AvgIpc) is 2.44. The molecule has 1 atom stereocenters. The summed E-state index contributed by atoms with van der Waals surface area (Å²) in [6, 6.07) is 6.52. The van der Waals surface area contributed by atoms with Crippen LogP contribution in [0.1, 0.15) is 33.3 Å². The molecule has 1 unspecified atom stereocenters. The fraction of sp³-hybridized carbons (Fsp3) is 0.588. The first-order chi connectivity index (χ1) is 11.5. The molecule has 1 saturated heterocycles. The Bertz CT molecular complexity index is 730. The van der Waals surface area contributed by atoms with Gasteiger partial charge in [0.05, 0.1) is 5.75 Å². The summed E-state index contributed by atoms with van der Waals surface area (Å²) in [6.45, 7) is 8.09. The first kappa shape index (κ1) is 20.0. The van der Waals surface area contributed by atoms with Crippen molar-refractivity contribution in [2.75, 3.05) is 19.6 Å². The summed E-state index contributed by atoms with van der Waals surface area (Å²) in [5.41, 5.74) is 0.0742. The molecule has 0 bridgehead atoms. The third-order valence-corrected chi connectivity index (χ3v) is 6.00. The van der Waals surface area contributed by atoms with E-state index in [0.717, 1.165) is 0 Å². The van der Waals surface area contributed by atoms with E-state index in [2.05, 4.69) is 0 Å². The molecule has 0 aliphatic carbocycles. The van der Waals surface area contributed by atoms with Crippen LogP contribution in [0, 0.1) is 0 Å². The first-order valence-electron chi connectivity index (χ1n) is 8.20. The van der Waals surface area contributed by atoms with Gasteiger partial charge in [-0.05, 0) is 45.4 Å². The Balaban J connectivity index is 2.03. The van der Waals surface area contributed by atoms with Gasteiger partial charge in [-0.15, -0.1) is 0 Å². The van der Waals surface area contributed by atoms with Crippen molar-refractivity contribution in [2.45, 2.75) is 45.1 Å². The fourth-order valence-corrected chi connectivity index (χ4v) is 4.72. The number of ether oxygens (including phenoxy) is 1. The number of hydrogen-bond acceptors (Lipinski definition) is 4. The predicted molar refractivity (Wildman–Crippen MR) is 98.1 cm³/mol. The van der Waals surface area contributed by atoms with E-state index in [1.54, 1.807) is 56.9 Å². The van der Waals surface area contributed by atoms with Crippen LogP contribution in [0.5, 0.6) is 0 Å². The summed E-state index contributed by atoms with van der Waals surface area (Å²) in [5, 5.41) is 0.510. The maximum Gasteiger partial charge on any atom is 0.410 e. The standard InChI is InChI=1S/C17H25ClN2O4S/c1-13-11-19(16(21)24-17(2,3)4)8-9-20(13)25(22,23)12-14-6-5-7-15(18)10-14/h5-7,10,13H,8-9,11-12H2,1-4H3. The molecule has 1 amide bonds. The molecule has 0 radical (unpaired) electrons. The van der Waals surface area contributed by atoms with Gasteiger partial charge < -0.3 is 9.64 Å². The second-order valence-electron chi connectivity index (χ2n) is 7.27. The summed E-state index contributed by atoms with van der Waals surface area (Å²) in [4.78, 5) is 13.7. The molecule has 140 valence electrons. The third-order valence-electron chi connectivity index (χ3n) is 3.81. The van der Waals surface area contributed by atoms with Gasteiger partial charge >= 0.3 is 6.09 Å². The van der Waals surface area contributed by atoms with Gasteiger partial charge in [-0.3, -0.25) is 0 Å². The summed E-state index contributed by atoms with van der Waals surface area (Å²) in [6.07, 6.45) is -0.411. The molecule has 1 aromatic carbocycles. The van der Waals surface area contributed by atoms with Crippen LogP contribution in [0.15, 0.2) is 24.3 Å². The van der Waals surface area contributed by atoms with Gasteiger partial charge in [0, 0.05) is 30.7 Å². The lowest BCUT2D eigenvalue weighted by Crippen LogP contribution is -2.56. The Morgan fingerprint density at radius 1 is 1.32 bits per heavy atom. The lowest BCUT2D eigenvalue weighted by atomic mass is 10.2. The lowest BCUT2D eigenvalue weighted by molar-refractivity contribution is 0.0143. The summed E-state index contributed by atoms with van der Waals surface area (Å²) < 4.78 is 32.3. The molecular weight excluding hydrogens is 364 g/mol. The van der Waals surface area contributed by atoms with Crippen molar-refractivity contribution < 1.29 is 17.9 Å². The molecular formula is C17H25ClN2O4S. The van der Waals surface area contributed by atoms with E-state index in [1.807, 2.05) is 0 Å². The van der Waals surface area contributed by atoms with Gasteiger partial charge in [-0.25, -0.2) is 13.2 Å². The van der Waals surface area contributed by atoms with Gasteiger partial charge in [0.2, 0.25) is 10.0 Å². The minimum Gasteiger partial charge on any atom is -0.444 e. The highest BCUT2D eigenvalue weighted by atomic mass is 35.5. The Morgan fingerprint density at radius 3 is 2.56 bits per heavy atom. The molecule has 25 heavy (non-hydrogen) atoms. The van der Waals surface area contributed by atoms with Crippen molar-refractivity contribution >= 4 is 27.7 Å². The third kappa shape index (κ3) is 5.59. The van der Waals surface area contributed by atoms with Crippen molar-refractivity contribution in [3.63, 3.8) is 0 Å². The minimum absolute atomic E-state index is 0.107. The van der Waals surface area contributed by atoms with Crippen LogP contribution in [0.3, 0.4) is 0 Å². The molecule has 1 fully saturated rings. The summed E-state index contributed by atoms with van der Waals surface area (Å²) in [7, 11) is -3.49. The highest BCUT2D eigenvalue weighted by Crippen LogP contribution is 2.21. The van der Waals surface area contributed by atoms with Gasteiger partial charge in [-0.1, -0.05) is 23.7 Å². The van der Waals surface area contributed by atoms with E-state index in [4.69, 9.17) is 16.3 Å². The molecule has 1 heterocycles. The van der Waals surface area contributed by atoms with E-state index < -0.39 is 21.7 Å². The number of sulfonamides is 1. The van der Waals surface area contributed by atoms with Crippen molar-refractivity contribution in [3.8, 4) is 0 Å². The van der Waals surface area contributed by atoms with E-state index in [1.165, 1.54) is 4.31 Å². The Hall–Kier alpha value is -1.31. The number of carbonyl (C=O) groups excluding carboxylic acids is 1. The number of halogens is 1. The Labute approximate surface area is 154 Å². The molecule has 1 aliphatic heterocycles. The van der Waals surface area contributed by atoms with Gasteiger partial charge in [0.15, 0.2) is 0 Å². The predicted octanol–water partition coefficient (Wildman–Crippen LogP) is 3.11. The Morgan fingerprint density at radius 2 is 2.00 bits per heavy atom. The highest BCUT2D eigenvalue weighted by Gasteiger charge is 2.35. The fourth-order valence-electron chi connectivity index (χ4n) is 2.77. The lowest BCUT2D eigenvalue weighted by Gasteiger charge is -2.39. The monoisotopic (exact) mass is 388 g/mol. The van der Waals surface area contributed by atoms with E-state index in [9.17, 15) is 13.2 Å². The zero-order valence-corrected chi connectivity index (χ0v) is 16.6. The van der Waals surface area contributed by atoms with Gasteiger partial charge in [0.25, 0.3) is 0 Å². The van der Waals surface area contributed by atoms with Crippen LogP contribution in [-0.4, -0.2) is 55.0 Å². The van der Waals surface area contributed by atoms with Crippen LogP contribution in [0.4, 0.5) is 4.79 Å². The number of amides is 1. The topological polar surface area (TPSA) is 66.9 Å². The number of nitrogens with zero attached hydrogens (tertiary/aromatic N) is 2. The van der Waals surface area contributed by atoms with Crippen LogP contribution >= 0.6 is 11.6 Å². The van der Waals surface area contributed by atoms with Crippen molar-refractivity contribution in [3.05, 3.63) is 34.9 Å². The normalized spacial score (nSPS) is 19.7. The van der Waals surface area contributed by atoms with Gasteiger partial charge in [-0.2, -0.15) is 4.31 Å². The molecule has 1 aliphatic rings. The van der Waals surface area contributed by atoms with Crippen LogP contribution in [-0.2, 0) is 20.5 Å². The molecule has 0 spiro atoms. The van der Waals surface area contributed by atoms with Crippen LogP contribution < -0.4 is 0 Å². The van der Waals surface area contributed by atoms with E-state index >= 15 is 0 Å². The molecule has 0 N–H and O–H groups in total. The minimum atomic E-state index is -3.49. The zero-order chi connectivity index (χ0) is 18.8. The first-order valence-corrected chi connectivity index (χ1v) is 10.2. The molecule has 0 saturated carbocycles. The maximum atomic E-state index is 12.7. The number of rotatable bonds is 3. The number of hydrogen-bond donors (Lipinski definition) is 0. The molecule has 2 rings (SSSR count). The van der Waals surface area contributed by atoms with Crippen molar-refractivity contribution in [1.29, 1.82) is 0 Å². The second-order valence-corrected chi connectivity index (χ2v) is 9.63. The zero-order valence-electron chi connectivity index (χ0n) is 15.0.